The summed E-state index contributed by atoms with van der Waals surface area (Å²) in [6.07, 6.45) is 0.106. The fourth-order valence-electron chi connectivity index (χ4n) is 2.72. The molecule has 0 bridgehead atoms. The Morgan fingerprint density at radius 1 is 1.06 bits per heavy atom. The molecule has 0 fully saturated rings. The lowest BCUT2D eigenvalue weighted by Gasteiger charge is -2.07. The Morgan fingerprint density at radius 2 is 1.77 bits per heavy atom. The molecule has 0 saturated heterocycles. The third-order valence-electron chi connectivity index (χ3n) is 4.29. The number of benzene rings is 2. The molecule has 0 saturated carbocycles. The van der Waals surface area contributed by atoms with Gasteiger partial charge in [-0.1, -0.05) is 16.7 Å². The van der Waals surface area contributed by atoms with Gasteiger partial charge in [0, 0.05) is 17.0 Å². The molecule has 1 N–H and O–H groups in total. The Balaban J connectivity index is 1.56. The molecule has 0 aliphatic heterocycles. The van der Waals surface area contributed by atoms with E-state index in [-0.39, 0.29) is 35.4 Å². The summed E-state index contributed by atoms with van der Waals surface area (Å²) in [7, 11) is -0.468. The average Bonchev–Trinajstić information content (AvgIpc) is 3.21. The smallest absolute Gasteiger partial charge is 0.322 e. The first-order valence-corrected chi connectivity index (χ1v) is 11.2. The number of nitrogens with one attached hydrogen (secondary N) is 1. The number of sulfone groups is 1. The molecule has 0 unspecified atom stereocenters. The van der Waals surface area contributed by atoms with Crippen LogP contribution in [0, 0.1) is 0 Å². The van der Waals surface area contributed by atoms with Gasteiger partial charge in [0.25, 0.3) is 0 Å². The van der Waals surface area contributed by atoms with Gasteiger partial charge in [-0.15, -0.1) is 5.10 Å². The Morgan fingerprint density at radius 3 is 2.45 bits per heavy atom. The first-order chi connectivity index (χ1) is 14.8. The maximum atomic E-state index is 12.3. The van der Waals surface area contributed by atoms with Crippen LogP contribution < -0.4 is 14.8 Å². The molecule has 1 aromatic heterocycles. The number of rotatable bonds is 9. The fourth-order valence-corrected chi connectivity index (χ4v) is 4.16. The Hall–Kier alpha value is -3.11. The van der Waals surface area contributed by atoms with Gasteiger partial charge in [-0.3, -0.25) is 10.1 Å². The first-order valence-electron chi connectivity index (χ1n) is 9.16. The standard InChI is InChI=1S/C20H20ClN3O6S/c1-28-16-10-5-13(12-17(16)29-2)19-23-24-20(30-19)22-18(25)4-3-11-31(26,27)15-8-6-14(21)7-9-15/h5-10,12H,3-4,11H2,1-2H3,(H,22,24,25). The second kappa shape index (κ2) is 9.80. The summed E-state index contributed by atoms with van der Waals surface area (Å²) in [6, 6.07) is 10.9. The van der Waals surface area contributed by atoms with Crippen LogP contribution in [0.15, 0.2) is 51.8 Å². The molecule has 0 aliphatic carbocycles. The van der Waals surface area contributed by atoms with Crippen LogP contribution in [-0.2, 0) is 14.6 Å². The molecule has 3 rings (SSSR count). The highest BCUT2D eigenvalue weighted by molar-refractivity contribution is 7.91. The number of anilines is 1. The SMILES string of the molecule is COc1ccc(-c2nnc(NC(=O)CCCS(=O)(=O)c3ccc(Cl)cc3)o2)cc1OC. The van der Waals surface area contributed by atoms with Crippen LogP contribution in [0.3, 0.4) is 0 Å². The molecule has 0 radical (unpaired) electrons. The van der Waals surface area contributed by atoms with E-state index in [0.29, 0.717) is 22.1 Å². The molecular weight excluding hydrogens is 446 g/mol. The lowest BCUT2D eigenvalue weighted by molar-refractivity contribution is -0.116. The highest BCUT2D eigenvalue weighted by atomic mass is 35.5. The second-order valence-electron chi connectivity index (χ2n) is 6.41. The Kier molecular flexibility index (Phi) is 7.13. The van der Waals surface area contributed by atoms with Crippen LogP contribution in [0.25, 0.3) is 11.5 Å². The summed E-state index contributed by atoms with van der Waals surface area (Å²) in [5, 5.41) is 10.6. The number of halogens is 1. The molecular formula is C20H20ClN3O6S. The zero-order chi connectivity index (χ0) is 22.4. The van der Waals surface area contributed by atoms with E-state index < -0.39 is 15.7 Å². The van der Waals surface area contributed by atoms with Crippen molar-refractivity contribution in [2.45, 2.75) is 17.7 Å². The minimum Gasteiger partial charge on any atom is -0.493 e. The van der Waals surface area contributed by atoms with E-state index >= 15 is 0 Å². The number of aromatic nitrogens is 2. The molecule has 0 aliphatic rings. The maximum Gasteiger partial charge on any atom is 0.322 e. The predicted octanol–water partition coefficient (Wildman–Crippen LogP) is 3.60. The number of carbonyl (C=O) groups excluding carboxylic acids is 1. The molecule has 9 nitrogen and oxygen atoms in total. The number of carbonyl (C=O) groups is 1. The van der Waals surface area contributed by atoms with Crippen LogP contribution >= 0.6 is 11.6 Å². The second-order valence-corrected chi connectivity index (χ2v) is 8.95. The maximum absolute atomic E-state index is 12.3. The van der Waals surface area contributed by atoms with Gasteiger partial charge in [-0.2, -0.15) is 0 Å². The van der Waals surface area contributed by atoms with Crippen molar-refractivity contribution in [2.24, 2.45) is 0 Å². The molecule has 1 amide bonds. The van der Waals surface area contributed by atoms with E-state index in [2.05, 4.69) is 15.5 Å². The minimum absolute atomic E-state index is 0.0269. The molecule has 164 valence electrons. The van der Waals surface area contributed by atoms with Crippen LogP contribution in [-0.4, -0.2) is 44.5 Å². The zero-order valence-corrected chi connectivity index (χ0v) is 18.4. The van der Waals surface area contributed by atoms with Crippen molar-refractivity contribution in [3.8, 4) is 23.0 Å². The summed E-state index contributed by atoms with van der Waals surface area (Å²) in [5.74, 6) is 0.608. The van der Waals surface area contributed by atoms with Crippen LogP contribution in [0.5, 0.6) is 11.5 Å². The van der Waals surface area contributed by atoms with Crippen LogP contribution in [0.1, 0.15) is 12.8 Å². The number of hydrogen-bond acceptors (Lipinski definition) is 8. The van der Waals surface area contributed by atoms with Crippen molar-refractivity contribution in [1.29, 1.82) is 0 Å². The van der Waals surface area contributed by atoms with Gasteiger partial charge in [0.2, 0.25) is 11.8 Å². The van der Waals surface area contributed by atoms with Gasteiger partial charge in [0.15, 0.2) is 21.3 Å². The lowest BCUT2D eigenvalue weighted by atomic mass is 10.2. The van der Waals surface area contributed by atoms with E-state index in [1.54, 1.807) is 18.2 Å². The Bertz CT molecular complexity index is 1160. The van der Waals surface area contributed by atoms with Crippen molar-refractivity contribution in [1.82, 2.24) is 10.2 Å². The number of ether oxygens (including phenoxy) is 2. The average molecular weight is 466 g/mol. The number of nitrogens with zero attached hydrogens (tertiary/aromatic N) is 2. The summed E-state index contributed by atoms with van der Waals surface area (Å²) in [6.45, 7) is 0. The van der Waals surface area contributed by atoms with E-state index in [1.807, 2.05) is 0 Å². The highest BCUT2D eigenvalue weighted by Crippen LogP contribution is 2.32. The van der Waals surface area contributed by atoms with Gasteiger partial charge in [0.1, 0.15) is 0 Å². The third-order valence-corrected chi connectivity index (χ3v) is 6.36. The van der Waals surface area contributed by atoms with Crippen molar-refractivity contribution in [2.75, 3.05) is 25.3 Å². The molecule has 1 heterocycles. The molecule has 31 heavy (non-hydrogen) atoms. The van der Waals surface area contributed by atoms with Gasteiger partial charge in [-0.25, -0.2) is 8.42 Å². The van der Waals surface area contributed by atoms with E-state index in [9.17, 15) is 13.2 Å². The van der Waals surface area contributed by atoms with Gasteiger partial charge < -0.3 is 13.9 Å². The number of amides is 1. The first kappa shape index (κ1) is 22.6. The van der Waals surface area contributed by atoms with E-state index in [1.165, 1.54) is 38.5 Å². The van der Waals surface area contributed by atoms with Gasteiger partial charge >= 0.3 is 6.01 Å². The fraction of sp³-hybridized carbons (Fsp3) is 0.250. The van der Waals surface area contributed by atoms with Gasteiger partial charge in [0.05, 0.1) is 24.9 Å². The van der Waals surface area contributed by atoms with E-state index in [0.717, 1.165) is 0 Å². The summed E-state index contributed by atoms with van der Waals surface area (Å²) in [4.78, 5) is 12.3. The van der Waals surface area contributed by atoms with E-state index in [4.69, 9.17) is 25.5 Å². The molecule has 3 aromatic rings. The van der Waals surface area contributed by atoms with Crippen molar-refractivity contribution in [3.05, 3.63) is 47.5 Å². The molecule has 11 heteroatoms. The number of hydrogen-bond donors (Lipinski definition) is 1. The van der Waals surface area contributed by atoms with Crippen molar-refractivity contribution in [3.63, 3.8) is 0 Å². The Labute approximate surface area is 184 Å². The summed E-state index contributed by atoms with van der Waals surface area (Å²) < 4.78 is 40.5. The topological polar surface area (TPSA) is 121 Å². The summed E-state index contributed by atoms with van der Waals surface area (Å²) >= 11 is 5.77. The minimum atomic E-state index is -3.50. The van der Waals surface area contributed by atoms with Crippen molar-refractivity contribution >= 4 is 33.4 Å². The molecule has 0 spiro atoms. The van der Waals surface area contributed by atoms with Gasteiger partial charge in [-0.05, 0) is 48.9 Å². The highest BCUT2D eigenvalue weighted by Gasteiger charge is 2.17. The summed E-state index contributed by atoms with van der Waals surface area (Å²) in [5.41, 5.74) is 0.583. The molecule has 2 aromatic carbocycles. The number of methoxy groups -OCH3 is 2. The third kappa shape index (κ3) is 5.74. The quantitative estimate of drug-likeness (QED) is 0.508. The van der Waals surface area contributed by atoms with Crippen molar-refractivity contribution < 1.29 is 27.1 Å². The lowest BCUT2D eigenvalue weighted by Crippen LogP contribution is -2.14. The monoisotopic (exact) mass is 465 g/mol. The normalized spacial score (nSPS) is 11.2. The van der Waals surface area contributed by atoms with Crippen LogP contribution in [0.4, 0.5) is 6.01 Å². The zero-order valence-electron chi connectivity index (χ0n) is 16.8. The largest absolute Gasteiger partial charge is 0.493 e. The predicted molar refractivity (Wildman–Crippen MR) is 114 cm³/mol. The van der Waals surface area contributed by atoms with Crippen LogP contribution in [0.2, 0.25) is 5.02 Å². The molecule has 0 atom stereocenters.